The molecule has 0 N–H and O–H groups in total. The van der Waals surface area contributed by atoms with Crippen molar-refractivity contribution in [1.29, 1.82) is 0 Å². The molecule has 0 aliphatic heterocycles. The lowest BCUT2D eigenvalue weighted by Crippen LogP contribution is -2.19. The lowest BCUT2D eigenvalue weighted by Gasteiger charge is -2.10. The van der Waals surface area contributed by atoms with Crippen molar-refractivity contribution >= 4 is 11.9 Å². The van der Waals surface area contributed by atoms with Crippen LogP contribution >= 0.6 is 0 Å². The van der Waals surface area contributed by atoms with Gasteiger partial charge in [-0.3, -0.25) is 0 Å². The molecule has 0 bridgehead atoms. The number of carbonyl (C=O) groups excluding carboxylic acids is 2. The Bertz CT molecular complexity index is 480. The molecule has 0 fully saturated rings. The van der Waals surface area contributed by atoms with E-state index in [4.69, 9.17) is 0 Å². The zero-order valence-corrected chi connectivity index (χ0v) is 9.14. The molecule has 1 rings (SSSR count). The van der Waals surface area contributed by atoms with Crippen molar-refractivity contribution in [2.45, 2.75) is 0 Å². The van der Waals surface area contributed by atoms with Crippen LogP contribution in [0.3, 0.4) is 0 Å². The minimum absolute atomic E-state index is 0.794. The summed E-state index contributed by atoms with van der Waals surface area (Å²) in [4.78, 5) is 22.3. The first-order valence-electron chi connectivity index (χ1n) is 4.39. The molecule has 0 heterocycles. The van der Waals surface area contributed by atoms with Gasteiger partial charge >= 0.3 is 11.9 Å². The maximum absolute atomic E-state index is 13.3. The molecule has 0 aromatic heterocycles. The Balaban J connectivity index is 3.75. The van der Waals surface area contributed by atoms with Gasteiger partial charge in [0.05, 0.1) is 14.2 Å². The van der Waals surface area contributed by atoms with Crippen LogP contribution in [0.4, 0.5) is 17.6 Å². The van der Waals surface area contributed by atoms with Gasteiger partial charge in [-0.25, -0.2) is 27.2 Å². The van der Waals surface area contributed by atoms with Crippen LogP contribution in [0.2, 0.25) is 0 Å². The van der Waals surface area contributed by atoms with E-state index >= 15 is 0 Å². The van der Waals surface area contributed by atoms with Gasteiger partial charge in [0.2, 0.25) is 0 Å². The number of hydrogen-bond acceptors (Lipinski definition) is 4. The van der Waals surface area contributed by atoms with E-state index in [1.165, 1.54) is 0 Å². The highest BCUT2D eigenvalue weighted by Gasteiger charge is 2.33. The molecular formula is C10H6F4O4. The highest BCUT2D eigenvalue weighted by atomic mass is 19.2. The highest BCUT2D eigenvalue weighted by Crippen LogP contribution is 2.25. The minimum Gasteiger partial charge on any atom is -0.465 e. The molecule has 1 aromatic carbocycles. The fourth-order valence-corrected chi connectivity index (χ4v) is 1.22. The Kier molecular flexibility index (Phi) is 3.89. The van der Waals surface area contributed by atoms with E-state index in [0.717, 1.165) is 14.2 Å². The van der Waals surface area contributed by atoms with Crippen molar-refractivity contribution in [1.82, 2.24) is 0 Å². The standard InChI is InChI=1S/C10H6F4O4/c1-17-9(15)3-4(10(16)18-2)6(12)8(14)7(13)5(3)11/h1-2H3. The van der Waals surface area contributed by atoms with Gasteiger partial charge in [-0.05, 0) is 0 Å². The third-order valence-electron chi connectivity index (χ3n) is 2.05. The summed E-state index contributed by atoms with van der Waals surface area (Å²) in [5, 5.41) is 0. The first kappa shape index (κ1) is 13.9. The molecule has 0 atom stereocenters. The average molecular weight is 266 g/mol. The van der Waals surface area contributed by atoms with Crippen molar-refractivity contribution in [3.8, 4) is 0 Å². The Hall–Kier alpha value is -2.12. The fraction of sp³-hybridized carbons (Fsp3) is 0.200. The first-order valence-corrected chi connectivity index (χ1v) is 4.39. The van der Waals surface area contributed by atoms with Crippen LogP contribution < -0.4 is 0 Å². The lowest BCUT2D eigenvalue weighted by molar-refractivity contribution is 0.0542. The second kappa shape index (κ2) is 5.03. The Morgan fingerprint density at radius 2 is 1.00 bits per heavy atom. The summed E-state index contributed by atoms with van der Waals surface area (Å²) in [5.41, 5.74) is -2.72. The lowest BCUT2D eigenvalue weighted by atomic mass is 10.1. The van der Waals surface area contributed by atoms with Crippen molar-refractivity contribution in [2.24, 2.45) is 0 Å². The van der Waals surface area contributed by atoms with Crippen molar-refractivity contribution < 1.29 is 36.6 Å². The van der Waals surface area contributed by atoms with E-state index < -0.39 is 46.3 Å². The van der Waals surface area contributed by atoms with E-state index in [1.54, 1.807) is 0 Å². The van der Waals surface area contributed by atoms with E-state index in [-0.39, 0.29) is 0 Å². The summed E-state index contributed by atoms with van der Waals surface area (Å²) < 4.78 is 60.7. The summed E-state index contributed by atoms with van der Waals surface area (Å²) in [5.74, 6) is -11.6. The molecular weight excluding hydrogens is 260 g/mol. The molecule has 1 aromatic rings. The van der Waals surface area contributed by atoms with Gasteiger partial charge in [-0.1, -0.05) is 0 Å². The Morgan fingerprint density at radius 3 is 1.22 bits per heavy atom. The molecule has 0 unspecified atom stereocenters. The third-order valence-corrected chi connectivity index (χ3v) is 2.05. The molecule has 8 heteroatoms. The molecule has 0 spiro atoms. The molecule has 0 saturated heterocycles. The summed E-state index contributed by atoms with van der Waals surface area (Å²) in [6, 6.07) is 0. The van der Waals surface area contributed by atoms with Gasteiger partial charge in [0.1, 0.15) is 11.1 Å². The number of benzene rings is 1. The van der Waals surface area contributed by atoms with Crippen molar-refractivity contribution in [2.75, 3.05) is 14.2 Å². The van der Waals surface area contributed by atoms with E-state index in [2.05, 4.69) is 9.47 Å². The number of ether oxygens (including phenoxy) is 2. The number of halogens is 4. The summed E-state index contributed by atoms with van der Waals surface area (Å²) >= 11 is 0. The van der Waals surface area contributed by atoms with E-state index in [9.17, 15) is 27.2 Å². The molecule has 0 aliphatic rings. The van der Waals surface area contributed by atoms with Gasteiger partial charge in [-0.2, -0.15) is 0 Å². The second-order valence-corrected chi connectivity index (χ2v) is 2.99. The Labute approximate surface area is 98.1 Å². The second-order valence-electron chi connectivity index (χ2n) is 2.99. The van der Waals surface area contributed by atoms with Crippen LogP contribution in [0.1, 0.15) is 20.7 Å². The summed E-state index contributed by atoms with van der Waals surface area (Å²) in [6.45, 7) is 0. The minimum atomic E-state index is -2.22. The predicted molar refractivity (Wildman–Crippen MR) is 49.0 cm³/mol. The molecule has 98 valence electrons. The fourth-order valence-electron chi connectivity index (χ4n) is 1.22. The van der Waals surface area contributed by atoms with Gasteiger partial charge in [-0.15, -0.1) is 0 Å². The maximum atomic E-state index is 13.3. The number of carbonyl (C=O) groups is 2. The van der Waals surface area contributed by atoms with Gasteiger partial charge in [0, 0.05) is 0 Å². The third kappa shape index (κ3) is 2.01. The first-order chi connectivity index (χ1) is 8.36. The van der Waals surface area contributed by atoms with Crippen LogP contribution in [0.25, 0.3) is 0 Å². The zero-order valence-electron chi connectivity index (χ0n) is 9.14. The number of rotatable bonds is 2. The smallest absolute Gasteiger partial charge is 0.341 e. The van der Waals surface area contributed by atoms with Gasteiger partial charge < -0.3 is 9.47 Å². The van der Waals surface area contributed by atoms with Crippen LogP contribution in [0, 0.1) is 23.3 Å². The zero-order chi connectivity index (χ0) is 14.0. The number of hydrogen-bond donors (Lipinski definition) is 0. The predicted octanol–water partition coefficient (Wildman–Crippen LogP) is 1.82. The van der Waals surface area contributed by atoms with Crippen LogP contribution in [0.15, 0.2) is 0 Å². The number of esters is 2. The van der Waals surface area contributed by atoms with E-state index in [1.807, 2.05) is 0 Å². The monoisotopic (exact) mass is 266 g/mol. The molecule has 0 radical (unpaired) electrons. The number of methoxy groups -OCH3 is 2. The molecule has 0 amide bonds. The molecule has 4 nitrogen and oxygen atoms in total. The molecule has 0 saturated carbocycles. The highest BCUT2D eigenvalue weighted by molar-refractivity contribution is 6.03. The summed E-state index contributed by atoms with van der Waals surface area (Å²) in [6.07, 6.45) is 0. The Morgan fingerprint density at radius 1 is 0.722 bits per heavy atom. The van der Waals surface area contributed by atoms with Crippen molar-refractivity contribution in [3.63, 3.8) is 0 Å². The van der Waals surface area contributed by atoms with Crippen LogP contribution in [-0.2, 0) is 9.47 Å². The average Bonchev–Trinajstić information content (AvgIpc) is 2.38. The quantitative estimate of drug-likeness (QED) is 0.354. The summed E-state index contributed by atoms with van der Waals surface area (Å²) in [7, 11) is 1.59. The topological polar surface area (TPSA) is 52.6 Å². The molecule has 0 aliphatic carbocycles. The SMILES string of the molecule is COC(=O)c1c(F)c(F)c(F)c(F)c1C(=O)OC. The van der Waals surface area contributed by atoms with Crippen molar-refractivity contribution in [3.05, 3.63) is 34.4 Å². The van der Waals surface area contributed by atoms with Crippen LogP contribution in [0.5, 0.6) is 0 Å². The van der Waals surface area contributed by atoms with Gasteiger partial charge in [0.25, 0.3) is 0 Å². The van der Waals surface area contributed by atoms with Gasteiger partial charge in [0.15, 0.2) is 23.3 Å². The van der Waals surface area contributed by atoms with E-state index in [0.29, 0.717) is 0 Å². The molecule has 18 heavy (non-hydrogen) atoms. The largest absolute Gasteiger partial charge is 0.465 e. The maximum Gasteiger partial charge on any atom is 0.341 e. The van der Waals surface area contributed by atoms with Crippen LogP contribution in [-0.4, -0.2) is 26.2 Å². The normalized spacial score (nSPS) is 10.1.